The summed E-state index contributed by atoms with van der Waals surface area (Å²) >= 11 is 0. The normalized spacial score (nSPS) is 16.2. The van der Waals surface area contributed by atoms with Crippen LogP contribution in [0.3, 0.4) is 0 Å². The van der Waals surface area contributed by atoms with E-state index in [1.165, 1.54) is 5.57 Å². The number of fused-ring (bicyclic) bond motifs is 1. The molecule has 1 amide bonds. The van der Waals surface area contributed by atoms with Crippen LogP contribution in [0, 0.1) is 0 Å². The number of aryl methyl sites for hydroxylation is 1. The van der Waals surface area contributed by atoms with Gasteiger partial charge in [-0.15, -0.1) is 0 Å². The SMILES string of the molecule is Cn1ccc(NC(=O)c2ccc(C3=CCN(Cc4cnc5cc(C6CC6)c(=O)[nH]c5c4)CC3)cn2)n1. The van der Waals surface area contributed by atoms with Crippen LogP contribution in [0.4, 0.5) is 5.82 Å². The molecule has 2 N–H and O–H groups in total. The topological polar surface area (TPSA) is 109 Å². The summed E-state index contributed by atoms with van der Waals surface area (Å²) in [4.78, 5) is 39.2. The number of anilines is 1. The van der Waals surface area contributed by atoms with Crippen LogP contribution in [0.25, 0.3) is 16.6 Å². The van der Waals surface area contributed by atoms with Crippen LogP contribution in [0.5, 0.6) is 0 Å². The number of aromatic nitrogens is 5. The van der Waals surface area contributed by atoms with Crippen LogP contribution in [-0.2, 0) is 13.6 Å². The molecule has 6 rings (SSSR count). The van der Waals surface area contributed by atoms with Gasteiger partial charge in [-0.3, -0.25) is 29.1 Å². The summed E-state index contributed by atoms with van der Waals surface area (Å²) in [7, 11) is 1.80. The predicted octanol–water partition coefficient (Wildman–Crippen LogP) is 3.47. The van der Waals surface area contributed by atoms with Gasteiger partial charge in [0.05, 0.1) is 11.0 Å². The third kappa shape index (κ3) is 4.70. The van der Waals surface area contributed by atoms with Crippen molar-refractivity contribution in [3.63, 3.8) is 0 Å². The molecular weight excluding hydrogens is 454 g/mol. The van der Waals surface area contributed by atoms with E-state index >= 15 is 0 Å². The molecule has 0 aromatic carbocycles. The number of hydrogen-bond acceptors (Lipinski definition) is 6. The summed E-state index contributed by atoms with van der Waals surface area (Å²) in [6.07, 6.45) is 10.7. The van der Waals surface area contributed by atoms with E-state index in [4.69, 9.17) is 0 Å². The molecule has 0 atom stereocenters. The fourth-order valence-electron chi connectivity index (χ4n) is 4.68. The zero-order chi connectivity index (χ0) is 24.6. The van der Waals surface area contributed by atoms with Gasteiger partial charge in [-0.25, -0.2) is 0 Å². The van der Waals surface area contributed by atoms with Crippen LogP contribution < -0.4 is 10.9 Å². The molecule has 2 aliphatic rings. The second-order valence-corrected chi connectivity index (χ2v) is 9.58. The van der Waals surface area contributed by atoms with E-state index in [0.29, 0.717) is 17.4 Å². The second kappa shape index (κ2) is 9.16. The number of hydrogen-bond donors (Lipinski definition) is 2. The molecule has 9 heteroatoms. The minimum atomic E-state index is -0.279. The number of carbonyl (C=O) groups is 1. The van der Waals surface area contributed by atoms with Crippen molar-refractivity contribution >= 4 is 28.3 Å². The fourth-order valence-corrected chi connectivity index (χ4v) is 4.68. The first-order valence-electron chi connectivity index (χ1n) is 12.2. The molecule has 1 aliphatic carbocycles. The van der Waals surface area contributed by atoms with Crippen LogP contribution in [0.1, 0.15) is 52.4 Å². The van der Waals surface area contributed by atoms with Crippen molar-refractivity contribution in [3.8, 4) is 0 Å². The van der Waals surface area contributed by atoms with Crippen molar-refractivity contribution in [2.45, 2.75) is 31.7 Å². The quantitative estimate of drug-likeness (QED) is 0.437. The van der Waals surface area contributed by atoms with E-state index in [1.54, 1.807) is 36.3 Å². The minimum Gasteiger partial charge on any atom is -0.320 e. The van der Waals surface area contributed by atoms with Gasteiger partial charge in [0.2, 0.25) is 0 Å². The highest BCUT2D eigenvalue weighted by molar-refractivity contribution is 6.02. The van der Waals surface area contributed by atoms with E-state index in [0.717, 1.165) is 66.6 Å². The van der Waals surface area contributed by atoms with Gasteiger partial charge < -0.3 is 10.3 Å². The van der Waals surface area contributed by atoms with Crippen molar-refractivity contribution < 1.29 is 4.79 Å². The minimum absolute atomic E-state index is 0.0170. The molecule has 4 aromatic heterocycles. The summed E-state index contributed by atoms with van der Waals surface area (Å²) < 4.78 is 1.63. The number of pyridine rings is 3. The molecule has 0 radical (unpaired) electrons. The average molecular weight is 482 g/mol. The van der Waals surface area contributed by atoms with Crippen molar-refractivity contribution in [2.75, 3.05) is 18.4 Å². The van der Waals surface area contributed by atoms with Crippen molar-refractivity contribution in [2.24, 2.45) is 7.05 Å². The van der Waals surface area contributed by atoms with Crippen LogP contribution in [0.2, 0.25) is 0 Å². The molecule has 4 aromatic rings. The number of nitrogens with one attached hydrogen (secondary N) is 2. The molecule has 0 bridgehead atoms. The Labute approximate surface area is 207 Å². The zero-order valence-electron chi connectivity index (χ0n) is 20.1. The largest absolute Gasteiger partial charge is 0.320 e. The fraction of sp³-hybridized carbons (Fsp3) is 0.296. The number of H-pyrrole nitrogens is 1. The lowest BCUT2D eigenvalue weighted by molar-refractivity contribution is 0.102. The molecule has 1 fully saturated rings. The van der Waals surface area contributed by atoms with Gasteiger partial charge in [0.25, 0.3) is 11.5 Å². The summed E-state index contributed by atoms with van der Waals surface area (Å²) in [5.74, 6) is 0.627. The predicted molar refractivity (Wildman–Crippen MR) is 138 cm³/mol. The lowest BCUT2D eigenvalue weighted by Crippen LogP contribution is -2.28. The molecule has 0 spiro atoms. The van der Waals surface area contributed by atoms with Crippen molar-refractivity contribution in [3.05, 3.63) is 87.7 Å². The Kier molecular flexibility index (Phi) is 5.69. The van der Waals surface area contributed by atoms with Gasteiger partial charge in [0.1, 0.15) is 5.69 Å². The first-order chi connectivity index (χ1) is 17.5. The van der Waals surface area contributed by atoms with E-state index in [9.17, 15) is 9.59 Å². The summed E-state index contributed by atoms with van der Waals surface area (Å²) in [6.45, 7) is 2.49. The number of nitrogens with zero attached hydrogens (tertiary/aromatic N) is 5. The Morgan fingerprint density at radius 2 is 2.06 bits per heavy atom. The molecule has 1 saturated carbocycles. The third-order valence-electron chi connectivity index (χ3n) is 6.82. The molecule has 36 heavy (non-hydrogen) atoms. The van der Waals surface area contributed by atoms with Crippen molar-refractivity contribution in [1.29, 1.82) is 0 Å². The van der Waals surface area contributed by atoms with Gasteiger partial charge in [-0.2, -0.15) is 5.10 Å². The number of rotatable bonds is 6. The zero-order valence-corrected chi connectivity index (χ0v) is 20.1. The molecule has 5 heterocycles. The van der Waals surface area contributed by atoms with Crippen LogP contribution >= 0.6 is 0 Å². The van der Waals surface area contributed by atoms with Crippen LogP contribution in [0.15, 0.2) is 59.8 Å². The Morgan fingerprint density at radius 3 is 2.75 bits per heavy atom. The Hall–Kier alpha value is -4.11. The maximum atomic E-state index is 12.4. The summed E-state index contributed by atoms with van der Waals surface area (Å²) in [5, 5.41) is 6.91. The van der Waals surface area contributed by atoms with E-state index < -0.39 is 0 Å². The molecule has 9 nitrogen and oxygen atoms in total. The molecule has 182 valence electrons. The van der Waals surface area contributed by atoms with Crippen molar-refractivity contribution in [1.82, 2.24) is 29.6 Å². The lowest BCUT2D eigenvalue weighted by atomic mass is 10.0. The van der Waals surface area contributed by atoms with E-state index in [1.807, 2.05) is 24.4 Å². The highest BCUT2D eigenvalue weighted by Gasteiger charge is 2.26. The molecule has 0 unspecified atom stereocenters. The molecular formula is C27H27N7O2. The summed E-state index contributed by atoms with van der Waals surface area (Å²) in [6, 6.07) is 9.42. The smallest absolute Gasteiger partial charge is 0.275 e. The Balaban J connectivity index is 1.09. The maximum Gasteiger partial charge on any atom is 0.275 e. The van der Waals surface area contributed by atoms with Gasteiger partial charge in [0, 0.05) is 56.9 Å². The van der Waals surface area contributed by atoms with Gasteiger partial charge in [-0.1, -0.05) is 12.1 Å². The van der Waals surface area contributed by atoms with Gasteiger partial charge in [-0.05, 0) is 60.1 Å². The van der Waals surface area contributed by atoms with Crippen LogP contribution in [-0.4, -0.2) is 48.6 Å². The second-order valence-electron chi connectivity index (χ2n) is 9.58. The molecule has 0 saturated heterocycles. The number of aromatic amines is 1. The Bertz CT molecular complexity index is 1530. The number of amides is 1. The standard InChI is InChI=1S/C27H27N7O2/c1-33-9-8-25(32-33)31-27(36)22-5-4-20(15-29-22)18-6-10-34(11-7-18)16-17-12-24-23(28-14-17)13-21(19-2-3-19)26(35)30-24/h4-6,8-9,12-15,19H,2-3,7,10-11,16H2,1H3,(H,30,35)(H,31,32,36). The lowest BCUT2D eigenvalue weighted by Gasteiger charge is -2.26. The summed E-state index contributed by atoms with van der Waals surface area (Å²) in [5.41, 5.74) is 6.23. The highest BCUT2D eigenvalue weighted by Crippen LogP contribution is 2.38. The maximum absolute atomic E-state index is 12.4. The van der Waals surface area contributed by atoms with E-state index in [-0.39, 0.29) is 11.5 Å². The van der Waals surface area contributed by atoms with Gasteiger partial charge in [0.15, 0.2) is 5.82 Å². The highest BCUT2D eigenvalue weighted by atomic mass is 16.2. The first kappa shape index (κ1) is 22.4. The van der Waals surface area contributed by atoms with Gasteiger partial charge >= 0.3 is 0 Å². The third-order valence-corrected chi connectivity index (χ3v) is 6.82. The molecule has 1 aliphatic heterocycles. The number of carbonyl (C=O) groups excluding carboxylic acids is 1. The van der Waals surface area contributed by atoms with E-state index in [2.05, 4.69) is 36.3 Å². The monoisotopic (exact) mass is 481 g/mol. The average Bonchev–Trinajstić information content (AvgIpc) is 3.65. The Morgan fingerprint density at radius 1 is 1.17 bits per heavy atom. The first-order valence-corrected chi connectivity index (χ1v) is 12.2.